The molecule has 4 rings (SSSR count). The lowest BCUT2D eigenvalue weighted by Gasteiger charge is -2.13. The van der Waals surface area contributed by atoms with E-state index in [0.717, 1.165) is 5.56 Å². The third-order valence-electron chi connectivity index (χ3n) is 4.79. The fourth-order valence-electron chi connectivity index (χ4n) is 3.25. The van der Waals surface area contributed by atoms with Gasteiger partial charge in [-0.1, -0.05) is 30.3 Å². The molecule has 3 aromatic rings. The number of nitrogens with zero attached hydrogens (tertiary/aromatic N) is 3. The Morgan fingerprint density at radius 1 is 0.931 bits per heavy atom. The second-order valence-corrected chi connectivity index (χ2v) is 6.66. The van der Waals surface area contributed by atoms with Crippen molar-refractivity contribution in [3.8, 4) is 0 Å². The number of imide groups is 1. The fraction of sp³-hybridized carbons (Fsp3) is 0.182. The molecule has 29 heavy (non-hydrogen) atoms. The van der Waals surface area contributed by atoms with Crippen molar-refractivity contribution < 1.29 is 19.1 Å². The molecule has 2 aromatic carbocycles. The van der Waals surface area contributed by atoms with Crippen LogP contribution in [0.5, 0.6) is 0 Å². The lowest BCUT2D eigenvalue weighted by atomic mass is 10.1. The number of hydrogen-bond acceptors (Lipinski definition) is 5. The molecule has 2 heterocycles. The van der Waals surface area contributed by atoms with Crippen LogP contribution < -0.4 is 0 Å². The van der Waals surface area contributed by atoms with Crippen molar-refractivity contribution in [3.63, 3.8) is 0 Å². The van der Waals surface area contributed by atoms with Gasteiger partial charge >= 0.3 is 5.97 Å². The van der Waals surface area contributed by atoms with Gasteiger partial charge in [0.15, 0.2) is 0 Å². The van der Waals surface area contributed by atoms with Crippen molar-refractivity contribution in [2.24, 2.45) is 0 Å². The molecule has 1 aromatic heterocycles. The largest absolute Gasteiger partial charge is 0.460 e. The molecule has 2 amide bonds. The van der Waals surface area contributed by atoms with E-state index in [4.69, 9.17) is 4.74 Å². The van der Waals surface area contributed by atoms with Crippen molar-refractivity contribution >= 4 is 17.8 Å². The summed E-state index contributed by atoms with van der Waals surface area (Å²) in [7, 11) is 0. The standard InChI is InChI=1S/C22H19N3O4/c26-20-18-8-7-17(22(28)29-14-13-24-11-4-10-23-24)15-19(18)21(27)25(20)12-9-16-5-2-1-3-6-16/h1-8,10-11,15H,9,12-14H2. The summed E-state index contributed by atoms with van der Waals surface area (Å²) in [6.07, 6.45) is 4.00. The molecule has 1 aliphatic heterocycles. The molecule has 1 aliphatic rings. The quantitative estimate of drug-likeness (QED) is 0.458. The van der Waals surface area contributed by atoms with E-state index in [1.54, 1.807) is 23.1 Å². The van der Waals surface area contributed by atoms with Crippen molar-refractivity contribution in [2.45, 2.75) is 13.0 Å². The van der Waals surface area contributed by atoms with Crippen molar-refractivity contribution in [1.82, 2.24) is 14.7 Å². The molecule has 0 radical (unpaired) electrons. The van der Waals surface area contributed by atoms with Gasteiger partial charge in [-0.2, -0.15) is 5.10 Å². The molecule has 0 saturated carbocycles. The predicted molar refractivity (Wildman–Crippen MR) is 104 cm³/mol. The van der Waals surface area contributed by atoms with Gasteiger partial charge in [0, 0.05) is 18.9 Å². The minimum absolute atomic E-state index is 0.160. The maximum absolute atomic E-state index is 12.7. The first-order chi connectivity index (χ1) is 14.1. The highest BCUT2D eigenvalue weighted by Gasteiger charge is 2.35. The molecule has 0 bridgehead atoms. The number of benzene rings is 2. The van der Waals surface area contributed by atoms with Gasteiger partial charge in [0.05, 0.1) is 23.2 Å². The molecule has 0 saturated heterocycles. The van der Waals surface area contributed by atoms with Crippen LogP contribution in [0.15, 0.2) is 67.0 Å². The maximum Gasteiger partial charge on any atom is 0.338 e. The summed E-state index contributed by atoms with van der Waals surface area (Å²) in [5.74, 6) is -1.26. The van der Waals surface area contributed by atoms with Gasteiger partial charge in [0.1, 0.15) is 6.61 Å². The zero-order chi connectivity index (χ0) is 20.2. The molecule has 146 valence electrons. The van der Waals surface area contributed by atoms with Gasteiger partial charge in [-0.25, -0.2) is 4.79 Å². The van der Waals surface area contributed by atoms with Gasteiger partial charge in [-0.3, -0.25) is 19.2 Å². The number of amides is 2. The SMILES string of the molecule is O=C(OCCn1cccn1)c1ccc2c(c1)C(=O)N(CCc1ccccc1)C2=O. The predicted octanol–water partition coefficient (Wildman–Crippen LogP) is 2.58. The van der Waals surface area contributed by atoms with Gasteiger partial charge in [0.25, 0.3) is 11.8 Å². The van der Waals surface area contributed by atoms with E-state index in [1.165, 1.54) is 23.1 Å². The summed E-state index contributed by atoms with van der Waals surface area (Å²) in [6, 6.07) is 15.9. The minimum atomic E-state index is -0.539. The Kier molecular flexibility index (Phi) is 5.20. The van der Waals surface area contributed by atoms with E-state index in [-0.39, 0.29) is 29.5 Å². The maximum atomic E-state index is 12.7. The average Bonchev–Trinajstić information content (AvgIpc) is 3.34. The smallest absolute Gasteiger partial charge is 0.338 e. The normalized spacial score (nSPS) is 12.9. The number of ether oxygens (including phenoxy) is 1. The Morgan fingerprint density at radius 2 is 1.72 bits per heavy atom. The molecule has 7 nitrogen and oxygen atoms in total. The van der Waals surface area contributed by atoms with Crippen LogP contribution in [0.1, 0.15) is 36.6 Å². The van der Waals surface area contributed by atoms with Gasteiger partial charge in [-0.05, 0) is 36.2 Å². The monoisotopic (exact) mass is 389 g/mol. The molecular weight excluding hydrogens is 370 g/mol. The van der Waals surface area contributed by atoms with Crippen LogP contribution in [0.3, 0.4) is 0 Å². The third kappa shape index (κ3) is 3.94. The van der Waals surface area contributed by atoms with Crippen LogP contribution in [-0.4, -0.2) is 45.6 Å². The van der Waals surface area contributed by atoms with Crippen LogP contribution in [-0.2, 0) is 17.7 Å². The Hall–Kier alpha value is -3.74. The first-order valence-electron chi connectivity index (χ1n) is 9.32. The number of hydrogen-bond donors (Lipinski definition) is 0. The summed E-state index contributed by atoms with van der Waals surface area (Å²) in [5, 5.41) is 4.04. The van der Waals surface area contributed by atoms with Crippen LogP contribution >= 0.6 is 0 Å². The molecule has 0 fully saturated rings. The zero-order valence-corrected chi connectivity index (χ0v) is 15.7. The zero-order valence-electron chi connectivity index (χ0n) is 15.7. The topological polar surface area (TPSA) is 81.5 Å². The van der Waals surface area contributed by atoms with Crippen molar-refractivity contribution in [1.29, 1.82) is 0 Å². The highest BCUT2D eigenvalue weighted by molar-refractivity contribution is 6.21. The first-order valence-corrected chi connectivity index (χ1v) is 9.32. The van der Waals surface area contributed by atoms with Crippen LogP contribution in [0.25, 0.3) is 0 Å². The Bertz CT molecular complexity index is 1050. The van der Waals surface area contributed by atoms with Crippen molar-refractivity contribution in [2.75, 3.05) is 13.2 Å². The summed E-state index contributed by atoms with van der Waals surface area (Å²) < 4.78 is 6.90. The number of carbonyl (C=O) groups is 3. The number of esters is 1. The Morgan fingerprint density at radius 3 is 2.48 bits per heavy atom. The van der Waals surface area contributed by atoms with Gasteiger partial charge in [-0.15, -0.1) is 0 Å². The average molecular weight is 389 g/mol. The van der Waals surface area contributed by atoms with E-state index in [9.17, 15) is 14.4 Å². The lowest BCUT2D eigenvalue weighted by molar-refractivity contribution is 0.0487. The molecule has 0 atom stereocenters. The Labute approximate surface area is 167 Å². The van der Waals surface area contributed by atoms with E-state index >= 15 is 0 Å². The lowest BCUT2D eigenvalue weighted by Crippen LogP contribution is -2.31. The third-order valence-corrected chi connectivity index (χ3v) is 4.79. The highest BCUT2D eigenvalue weighted by Crippen LogP contribution is 2.24. The second-order valence-electron chi connectivity index (χ2n) is 6.66. The summed E-state index contributed by atoms with van der Waals surface area (Å²) in [4.78, 5) is 38.8. The van der Waals surface area contributed by atoms with E-state index in [0.29, 0.717) is 25.1 Å². The number of rotatable bonds is 7. The highest BCUT2D eigenvalue weighted by atomic mass is 16.5. The molecule has 0 spiro atoms. The number of carbonyl (C=O) groups excluding carboxylic acids is 3. The molecule has 0 N–H and O–H groups in total. The van der Waals surface area contributed by atoms with Crippen LogP contribution in [0.4, 0.5) is 0 Å². The summed E-state index contributed by atoms with van der Waals surface area (Å²) in [5.41, 5.74) is 1.85. The number of fused-ring (bicyclic) bond motifs is 1. The van der Waals surface area contributed by atoms with Crippen molar-refractivity contribution in [3.05, 3.63) is 89.2 Å². The van der Waals surface area contributed by atoms with Gasteiger partial charge < -0.3 is 4.74 Å². The molecule has 7 heteroatoms. The molecular formula is C22H19N3O4. The Balaban J connectivity index is 1.41. The van der Waals surface area contributed by atoms with Crippen LogP contribution in [0.2, 0.25) is 0 Å². The fourth-order valence-corrected chi connectivity index (χ4v) is 3.25. The van der Waals surface area contributed by atoms with Gasteiger partial charge in [0.2, 0.25) is 0 Å². The number of aromatic nitrogens is 2. The van der Waals surface area contributed by atoms with E-state index < -0.39 is 5.97 Å². The van der Waals surface area contributed by atoms with E-state index in [2.05, 4.69) is 5.10 Å². The minimum Gasteiger partial charge on any atom is -0.460 e. The first kappa shape index (κ1) is 18.6. The van der Waals surface area contributed by atoms with E-state index in [1.807, 2.05) is 30.3 Å². The molecule has 0 unspecified atom stereocenters. The summed E-state index contributed by atoms with van der Waals surface area (Å²) in [6.45, 7) is 0.891. The second kappa shape index (κ2) is 8.10. The van der Waals surface area contributed by atoms with Crippen LogP contribution in [0, 0.1) is 0 Å². The molecule has 0 aliphatic carbocycles. The summed E-state index contributed by atoms with van der Waals surface area (Å²) >= 11 is 0.